The molecule has 0 aliphatic heterocycles. The molecule has 1 saturated carbocycles. The van der Waals surface area contributed by atoms with Gasteiger partial charge < -0.3 is 15.5 Å². The summed E-state index contributed by atoms with van der Waals surface area (Å²) in [6.45, 7) is 0.702. The van der Waals surface area contributed by atoms with E-state index in [1.807, 2.05) is 0 Å². The van der Waals surface area contributed by atoms with Crippen molar-refractivity contribution in [2.75, 3.05) is 13.2 Å². The fourth-order valence-electron chi connectivity index (χ4n) is 1.22. The van der Waals surface area contributed by atoms with E-state index in [1.165, 1.54) is 0 Å². The number of carboxylic acid groups (broad SMARTS) is 1. The number of aliphatic hydroxyl groups is 1. The zero-order valence-corrected chi connectivity index (χ0v) is 6.99. The number of carboxylic acids is 1. The van der Waals surface area contributed by atoms with E-state index in [0.29, 0.717) is 18.9 Å². The summed E-state index contributed by atoms with van der Waals surface area (Å²) in [5, 5.41) is 20.2. The van der Waals surface area contributed by atoms with Crippen LogP contribution in [0.2, 0.25) is 0 Å². The third kappa shape index (κ3) is 2.79. The van der Waals surface area contributed by atoms with Crippen molar-refractivity contribution in [3.63, 3.8) is 0 Å². The highest BCUT2D eigenvalue weighted by atomic mass is 16.4. The molecule has 0 aromatic rings. The summed E-state index contributed by atoms with van der Waals surface area (Å²) in [5.74, 6) is -0.448. The van der Waals surface area contributed by atoms with Gasteiger partial charge in [0, 0.05) is 6.61 Å². The summed E-state index contributed by atoms with van der Waals surface area (Å²) in [6.07, 6.45) is 2.66. The molecular formula is C8H15NO3. The van der Waals surface area contributed by atoms with Gasteiger partial charge in [-0.1, -0.05) is 0 Å². The van der Waals surface area contributed by atoms with Gasteiger partial charge in [-0.3, -0.25) is 4.79 Å². The summed E-state index contributed by atoms with van der Waals surface area (Å²) < 4.78 is 0. The van der Waals surface area contributed by atoms with Crippen molar-refractivity contribution in [1.82, 2.24) is 5.32 Å². The Morgan fingerprint density at radius 2 is 2.25 bits per heavy atom. The number of nitrogens with one attached hydrogen (secondary N) is 1. The summed E-state index contributed by atoms with van der Waals surface area (Å²) >= 11 is 0. The first-order chi connectivity index (χ1) is 5.75. The molecule has 0 spiro atoms. The number of hydrogen-bond acceptors (Lipinski definition) is 3. The van der Waals surface area contributed by atoms with Crippen LogP contribution in [0.1, 0.15) is 19.3 Å². The third-order valence-electron chi connectivity index (χ3n) is 2.06. The minimum atomic E-state index is -0.768. The Morgan fingerprint density at radius 1 is 1.58 bits per heavy atom. The molecule has 0 aromatic carbocycles. The molecule has 0 saturated heterocycles. The SMILES string of the molecule is O=C(O)C(NCCCO)C1CC1. The maximum Gasteiger partial charge on any atom is 0.320 e. The van der Waals surface area contributed by atoms with Gasteiger partial charge in [0.25, 0.3) is 0 Å². The average molecular weight is 173 g/mol. The smallest absolute Gasteiger partial charge is 0.320 e. The number of aliphatic carboxylic acids is 1. The maximum atomic E-state index is 10.7. The maximum absolute atomic E-state index is 10.7. The van der Waals surface area contributed by atoms with Gasteiger partial charge in [-0.15, -0.1) is 0 Å². The van der Waals surface area contributed by atoms with Gasteiger partial charge in [0.1, 0.15) is 6.04 Å². The first-order valence-electron chi connectivity index (χ1n) is 4.32. The van der Waals surface area contributed by atoms with E-state index in [1.54, 1.807) is 0 Å². The lowest BCUT2D eigenvalue weighted by molar-refractivity contribution is -0.140. The lowest BCUT2D eigenvalue weighted by atomic mass is 10.2. The van der Waals surface area contributed by atoms with E-state index in [0.717, 1.165) is 12.8 Å². The van der Waals surface area contributed by atoms with Crippen LogP contribution in [-0.2, 0) is 4.79 Å². The van der Waals surface area contributed by atoms with Crippen LogP contribution in [0, 0.1) is 5.92 Å². The fourth-order valence-corrected chi connectivity index (χ4v) is 1.22. The Balaban J connectivity index is 2.19. The van der Waals surface area contributed by atoms with E-state index in [2.05, 4.69) is 5.32 Å². The highest BCUT2D eigenvalue weighted by molar-refractivity contribution is 5.74. The summed E-state index contributed by atoms with van der Waals surface area (Å²) in [5.41, 5.74) is 0. The fraction of sp³-hybridized carbons (Fsp3) is 0.875. The van der Waals surface area contributed by atoms with E-state index >= 15 is 0 Å². The molecule has 4 nitrogen and oxygen atoms in total. The zero-order chi connectivity index (χ0) is 8.97. The summed E-state index contributed by atoms with van der Waals surface area (Å²) in [6, 6.07) is -0.392. The van der Waals surface area contributed by atoms with E-state index in [9.17, 15) is 4.79 Å². The molecule has 4 heteroatoms. The largest absolute Gasteiger partial charge is 0.480 e. The van der Waals surface area contributed by atoms with Crippen molar-refractivity contribution in [3.05, 3.63) is 0 Å². The van der Waals surface area contributed by atoms with Crippen molar-refractivity contribution in [2.45, 2.75) is 25.3 Å². The highest BCUT2D eigenvalue weighted by Gasteiger charge is 2.35. The van der Waals surface area contributed by atoms with Gasteiger partial charge in [-0.25, -0.2) is 0 Å². The molecule has 3 N–H and O–H groups in total. The molecule has 0 radical (unpaired) electrons. The molecule has 0 heterocycles. The Bertz CT molecular complexity index is 156. The first kappa shape index (κ1) is 9.48. The molecule has 1 atom stereocenters. The standard InChI is InChI=1S/C8H15NO3/c10-5-1-4-9-7(8(11)12)6-2-3-6/h6-7,9-10H,1-5H2,(H,11,12). The van der Waals surface area contributed by atoms with Crippen LogP contribution in [0.15, 0.2) is 0 Å². The van der Waals surface area contributed by atoms with E-state index in [-0.39, 0.29) is 6.61 Å². The number of hydrogen-bond donors (Lipinski definition) is 3. The average Bonchev–Trinajstić information content (AvgIpc) is 2.80. The molecule has 12 heavy (non-hydrogen) atoms. The van der Waals surface area contributed by atoms with Crippen LogP contribution in [-0.4, -0.2) is 35.4 Å². The molecule has 70 valence electrons. The summed E-state index contributed by atoms with van der Waals surface area (Å²) in [4.78, 5) is 10.7. The molecule has 1 aliphatic rings. The van der Waals surface area contributed by atoms with Crippen molar-refractivity contribution in [1.29, 1.82) is 0 Å². The van der Waals surface area contributed by atoms with Crippen molar-refractivity contribution >= 4 is 5.97 Å². The second-order valence-corrected chi connectivity index (χ2v) is 3.18. The molecule has 1 rings (SSSR count). The van der Waals surface area contributed by atoms with Crippen LogP contribution in [0.25, 0.3) is 0 Å². The lowest BCUT2D eigenvalue weighted by Crippen LogP contribution is -2.39. The summed E-state index contributed by atoms with van der Waals surface area (Å²) in [7, 11) is 0. The predicted octanol–water partition coefficient (Wildman–Crippen LogP) is -0.178. The van der Waals surface area contributed by atoms with E-state index < -0.39 is 12.0 Å². The quantitative estimate of drug-likeness (QED) is 0.487. The van der Waals surface area contributed by atoms with Gasteiger partial charge in [0.2, 0.25) is 0 Å². The third-order valence-corrected chi connectivity index (χ3v) is 2.06. The molecule has 1 fully saturated rings. The van der Waals surface area contributed by atoms with Crippen LogP contribution >= 0.6 is 0 Å². The van der Waals surface area contributed by atoms with Gasteiger partial charge in [-0.2, -0.15) is 0 Å². The van der Waals surface area contributed by atoms with Crippen LogP contribution < -0.4 is 5.32 Å². The van der Waals surface area contributed by atoms with Crippen molar-refractivity contribution in [2.24, 2.45) is 5.92 Å². The Hall–Kier alpha value is -0.610. The second-order valence-electron chi connectivity index (χ2n) is 3.18. The number of rotatable bonds is 6. The van der Waals surface area contributed by atoms with Crippen LogP contribution in [0.3, 0.4) is 0 Å². The van der Waals surface area contributed by atoms with Gasteiger partial charge in [-0.05, 0) is 31.7 Å². The normalized spacial score (nSPS) is 19.1. The molecule has 0 bridgehead atoms. The van der Waals surface area contributed by atoms with E-state index in [4.69, 9.17) is 10.2 Å². The lowest BCUT2D eigenvalue weighted by Gasteiger charge is -2.12. The number of carbonyl (C=O) groups is 1. The monoisotopic (exact) mass is 173 g/mol. The zero-order valence-electron chi connectivity index (χ0n) is 6.99. The molecule has 0 aromatic heterocycles. The highest BCUT2D eigenvalue weighted by Crippen LogP contribution is 2.32. The Labute approximate surface area is 71.6 Å². The molecular weight excluding hydrogens is 158 g/mol. The molecule has 0 amide bonds. The van der Waals surface area contributed by atoms with Crippen molar-refractivity contribution < 1.29 is 15.0 Å². The number of aliphatic hydroxyl groups excluding tert-OH is 1. The van der Waals surface area contributed by atoms with Crippen LogP contribution in [0.4, 0.5) is 0 Å². The topological polar surface area (TPSA) is 69.6 Å². The van der Waals surface area contributed by atoms with Crippen molar-refractivity contribution in [3.8, 4) is 0 Å². The van der Waals surface area contributed by atoms with Gasteiger partial charge in [0.15, 0.2) is 0 Å². The van der Waals surface area contributed by atoms with Crippen LogP contribution in [0.5, 0.6) is 0 Å². The predicted molar refractivity (Wildman–Crippen MR) is 43.9 cm³/mol. The second kappa shape index (κ2) is 4.42. The molecule has 1 aliphatic carbocycles. The Morgan fingerprint density at radius 3 is 2.67 bits per heavy atom. The first-order valence-corrected chi connectivity index (χ1v) is 4.32. The Kier molecular flexibility index (Phi) is 3.49. The molecule has 1 unspecified atom stereocenters. The minimum Gasteiger partial charge on any atom is -0.480 e. The minimum absolute atomic E-state index is 0.115. The van der Waals surface area contributed by atoms with Gasteiger partial charge >= 0.3 is 5.97 Å². The van der Waals surface area contributed by atoms with Gasteiger partial charge in [0.05, 0.1) is 0 Å².